The highest BCUT2D eigenvalue weighted by molar-refractivity contribution is 5.94. The van der Waals surface area contributed by atoms with Gasteiger partial charge in [0, 0.05) is 23.6 Å². The van der Waals surface area contributed by atoms with E-state index in [1.54, 1.807) is 24.5 Å². The minimum absolute atomic E-state index is 0.0174. The Kier molecular flexibility index (Phi) is 7.09. The second kappa shape index (κ2) is 9.95. The van der Waals surface area contributed by atoms with Gasteiger partial charge in [-0.1, -0.05) is 6.07 Å². The summed E-state index contributed by atoms with van der Waals surface area (Å²) in [6.45, 7) is 1.45. The highest BCUT2D eigenvalue weighted by Gasteiger charge is 2.30. The Labute approximate surface area is 182 Å². The molecule has 1 heterocycles. The summed E-state index contributed by atoms with van der Waals surface area (Å²) in [6, 6.07) is 13.9. The van der Waals surface area contributed by atoms with E-state index >= 15 is 0 Å². The third-order valence-corrected chi connectivity index (χ3v) is 4.51. The second-order valence-corrected chi connectivity index (χ2v) is 6.92. The number of amides is 2. The van der Waals surface area contributed by atoms with Gasteiger partial charge in [0.2, 0.25) is 0 Å². The van der Waals surface area contributed by atoms with Crippen LogP contribution >= 0.6 is 0 Å². The summed E-state index contributed by atoms with van der Waals surface area (Å²) in [7, 11) is 0. The van der Waals surface area contributed by atoms with Crippen molar-refractivity contribution in [1.82, 2.24) is 10.3 Å². The summed E-state index contributed by atoms with van der Waals surface area (Å²) in [5, 5.41) is 5.23. The molecule has 0 aliphatic heterocycles. The lowest BCUT2D eigenvalue weighted by Crippen LogP contribution is -2.26. The molecule has 3 aromatic rings. The van der Waals surface area contributed by atoms with Crippen molar-refractivity contribution < 1.29 is 27.5 Å². The molecule has 0 spiro atoms. The van der Waals surface area contributed by atoms with Crippen LogP contribution in [-0.4, -0.2) is 23.4 Å². The fraction of sp³-hybridized carbons (Fsp3) is 0.174. The standard InChI is InChI=1S/C23H20F3N3O3/c1-15(16-9-11-27-12-10-16)28-22(31)17-5-7-20(8-6-17)32-14-21(30)29-19-4-2-3-18(13-19)23(24,25)26/h2-13,15H,14H2,1H3,(H,28,31)(H,29,30). The molecular formula is C23H20F3N3O3. The lowest BCUT2D eigenvalue weighted by Gasteiger charge is -2.14. The van der Waals surface area contributed by atoms with Gasteiger partial charge in [-0.3, -0.25) is 14.6 Å². The highest BCUT2D eigenvalue weighted by atomic mass is 19.4. The van der Waals surface area contributed by atoms with Crippen LogP contribution in [0.2, 0.25) is 0 Å². The summed E-state index contributed by atoms with van der Waals surface area (Å²) in [5.41, 5.74) is 0.485. The average molecular weight is 443 g/mol. The van der Waals surface area contributed by atoms with Crippen molar-refractivity contribution in [3.63, 3.8) is 0 Å². The number of carbonyl (C=O) groups is 2. The summed E-state index contributed by atoms with van der Waals surface area (Å²) in [5.74, 6) is -0.552. The summed E-state index contributed by atoms with van der Waals surface area (Å²) >= 11 is 0. The van der Waals surface area contributed by atoms with E-state index in [4.69, 9.17) is 4.74 Å². The Morgan fingerprint density at radius 3 is 2.38 bits per heavy atom. The van der Waals surface area contributed by atoms with E-state index in [-0.39, 0.29) is 17.6 Å². The second-order valence-electron chi connectivity index (χ2n) is 6.92. The molecule has 0 fully saturated rings. The Balaban J connectivity index is 1.51. The maximum atomic E-state index is 12.8. The zero-order chi connectivity index (χ0) is 23.1. The van der Waals surface area contributed by atoms with Gasteiger partial charge in [0.1, 0.15) is 5.75 Å². The molecule has 1 atom stereocenters. The first-order valence-corrected chi connectivity index (χ1v) is 9.63. The number of rotatable bonds is 7. The third-order valence-electron chi connectivity index (χ3n) is 4.51. The number of ether oxygens (including phenoxy) is 1. The van der Waals surface area contributed by atoms with E-state index in [1.165, 1.54) is 24.3 Å². The molecule has 166 valence electrons. The van der Waals surface area contributed by atoms with Gasteiger partial charge in [-0.2, -0.15) is 13.2 Å². The zero-order valence-corrected chi connectivity index (χ0v) is 17.0. The maximum absolute atomic E-state index is 12.8. The molecule has 1 aromatic heterocycles. The Morgan fingerprint density at radius 1 is 1.03 bits per heavy atom. The van der Waals surface area contributed by atoms with Gasteiger partial charge in [-0.25, -0.2) is 0 Å². The van der Waals surface area contributed by atoms with Crippen molar-refractivity contribution >= 4 is 17.5 Å². The van der Waals surface area contributed by atoms with Crippen molar-refractivity contribution in [2.24, 2.45) is 0 Å². The van der Waals surface area contributed by atoms with E-state index in [1.807, 2.05) is 19.1 Å². The first-order chi connectivity index (χ1) is 15.2. The van der Waals surface area contributed by atoms with E-state index in [0.717, 1.165) is 17.7 Å². The molecule has 0 saturated carbocycles. The van der Waals surface area contributed by atoms with Gasteiger partial charge in [0.15, 0.2) is 6.61 Å². The van der Waals surface area contributed by atoms with Crippen molar-refractivity contribution in [1.29, 1.82) is 0 Å². The fourth-order valence-corrected chi connectivity index (χ4v) is 2.84. The number of anilines is 1. The van der Waals surface area contributed by atoms with Crippen molar-refractivity contribution in [3.05, 3.63) is 89.7 Å². The summed E-state index contributed by atoms with van der Waals surface area (Å²) in [6.07, 6.45) is -1.21. The molecule has 0 saturated heterocycles. The van der Waals surface area contributed by atoms with Crippen molar-refractivity contribution in [3.8, 4) is 5.75 Å². The predicted octanol–water partition coefficient (Wildman–Crippen LogP) is 4.61. The molecule has 3 rings (SSSR count). The van der Waals surface area contributed by atoms with Crippen molar-refractivity contribution in [2.45, 2.75) is 19.1 Å². The predicted molar refractivity (Wildman–Crippen MR) is 112 cm³/mol. The maximum Gasteiger partial charge on any atom is 0.416 e. The van der Waals surface area contributed by atoms with Crippen LogP contribution in [0, 0.1) is 0 Å². The molecule has 1 unspecified atom stereocenters. The van der Waals surface area contributed by atoms with Crippen LogP contribution in [-0.2, 0) is 11.0 Å². The number of pyridine rings is 1. The van der Waals surface area contributed by atoms with Crippen molar-refractivity contribution in [2.75, 3.05) is 11.9 Å². The summed E-state index contributed by atoms with van der Waals surface area (Å²) in [4.78, 5) is 28.3. The third kappa shape index (κ3) is 6.31. The molecule has 0 bridgehead atoms. The Bertz CT molecular complexity index is 1070. The quantitative estimate of drug-likeness (QED) is 0.559. The van der Waals surface area contributed by atoms with E-state index in [0.29, 0.717) is 11.3 Å². The molecule has 0 radical (unpaired) electrons. The van der Waals surface area contributed by atoms with Gasteiger partial charge in [-0.05, 0) is 67.1 Å². The minimum Gasteiger partial charge on any atom is -0.484 e. The SMILES string of the molecule is CC(NC(=O)c1ccc(OCC(=O)Nc2cccc(C(F)(F)F)c2)cc1)c1ccncc1. The Hall–Kier alpha value is -3.88. The van der Waals surface area contributed by atoms with Crippen LogP contribution in [0.4, 0.5) is 18.9 Å². The lowest BCUT2D eigenvalue weighted by molar-refractivity contribution is -0.137. The van der Waals surface area contributed by atoms with Gasteiger partial charge in [0.05, 0.1) is 11.6 Å². The number of benzene rings is 2. The number of halogens is 3. The zero-order valence-electron chi connectivity index (χ0n) is 17.0. The van der Waals surface area contributed by atoms with Gasteiger partial charge in [0.25, 0.3) is 11.8 Å². The van der Waals surface area contributed by atoms with Crippen LogP contribution < -0.4 is 15.4 Å². The van der Waals surface area contributed by atoms with Gasteiger partial charge < -0.3 is 15.4 Å². The molecule has 6 nitrogen and oxygen atoms in total. The van der Waals surface area contributed by atoms with E-state index in [2.05, 4.69) is 15.6 Å². The fourth-order valence-electron chi connectivity index (χ4n) is 2.84. The molecular weight excluding hydrogens is 423 g/mol. The van der Waals surface area contributed by atoms with Crippen LogP contribution in [0.3, 0.4) is 0 Å². The number of hydrogen-bond acceptors (Lipinski definition) is 4. The largest absolute Gasteiger partial charge is 0.484 e. The molecule has 2 aromatic carbocycles. The van der Waals surface area contributed by atoms with Crippen LogP contribution in [0.1, 0.15) is 34.5 Å². The van der Waals surface area contributed by atoms with Crippen LogP contribution in [0.25, 0.3) is 0 Å². The highest BCUT2D eigenvalue weighted by Crippen LogP contribution is 2.30. The number of hydrogen-bond donors (Lipinski definition) is 2. The molecule has 9 heteroatoms. The van der Waals surface area contributed by atoms with Crippen LogP contribution in [0.5, 0.6) is 5.75 Å². The van der Waals surface area contributed by atoms with Gasteiger partial charge in [-0.15, -0.1) is 0 Å². The van der Waals surface area contributed by atoms with E-state index in [9.17, 15) is 22.8 Å². The Morgan fingerprint density at radius 2 is 1.72 bits per heavy atom. The number of aromatic nitrogens is 1. The first-order valence-electron chi connectivity index (χ1n) is 9.63. The smallest absolute Gasteiger partial charge is 0.416 e. The number of alkyl halides is 3. The molecule has 0 aliphatic rings. The van der Waals surface area contributed by atoms with Crippen LogP contribution in [0.15, 0.2) is 73.1 Å². The topological polar surface area (TPSA) is 80.3 Å². The van der Waals surface area contributed by atoms with E-state index < -0.39 is 24.3 Å². The monoisotopic (exact) mass is 443 g/mol. The normalized spacial score (nSPS) is 12.0. The number of nitrogens with zero attached hydrogens (tertiary/aromatic N) is 1. The minimum atomic E-state index is -4.50. The molecule has 32 heavy (non-hydrogen) atoms. The molecule has 2 N–H and O–H groups in total. The first kappa shape index (κ1) is 22.8. The summed E-state index contributed by atoms with van der Waals surface area (Å²) < 4.78 is 43.6. The average Bonchev–Trinajstić information content (AvgIpc) is 2.78. The van der Waals surface area contributed by atoms with Gasteiger partial charge >= 0.3 is 6.18 Å². The molecule has 0 aliphatic carbocycles. The number of carbonyl (C=O) groups excluding carboxylic acids is 2. The lowest BCUT2D eigenvalue weighted by atomic mass is 10.1. The number of nitrogens with one attached hydrogen (secondary N) is 2. The molecule has 2 amide bonds.